The predicted octanol–water partition coefficient (Wildman–Crippen LogP) is 0.908. The SMILES string of the molecule is CC(C)=CCNS(=O)(=O)c1ccc(N)nc1. The zero-order chi connectivity index (χ0) is 12.2. The summed E-state index contributed by atoms with van der Waals surface area (Å²) < 4.78 is 25.8. The van der Waals surface area contributed by atoms with Crippen LogP contribution >= 0.6 is 0 Å². The summed E-state index contributed by atoms with van der Waals surface area (Å²) in [5.74, 6) is 0.295. The molecule has 16 heavy (non-hydrogen) atoms. The van der Waals surface area contributed by atoms with Crippen LogP contribution in [0.1, 0.15) is 13.8 Å². The topological polar surface area (TPSA) is 85.1 Å². The highest BCUT2D eigenvalue weighted by Crippen LogP contribution is 2.08. The first-order valence-corrected chi connectivity index (χ1v) is 6.25. The molecular formula is C10H15N3O2S. The van der Waals surface area contributed by atoms with E-state index in [1.807, 2.05) is 13.8 Å². The van der Waals surface area contributed by atoms with Gasteiger partial charge >= 0.3 is 0 Å². The smallest absolute Gasteiger partial charge is 0.242 e. The molecule has 0 aliphatic carbocycles. The summed E-state index contributed by atoms with van der Waals surface area (Å²) in [5.41, 5.74) is 6.43. The van der Waals surface area contributed by atoms with E-state index < -0.39 is 10.0 Å². The Morgan fingerprint density at radius 3 is 2.69 bits per heavy atom. The molecule has 0 spiro atoms. The van der Waals surface area contributed by atoms with Gasteiger partial charge in [-0.1, -0.05) is 11.6 Å². The molecule has 88 valence electrons. The maximum atomic E-state index is 11.7. The third kappa shape index (κ3) is 3.63. The fourth-order valence-corrected chi connectivity index (χ4v) is 1.90. The molecule has 0 aliphatic heterocycles. The molecule has 5 nitrogen and oxygen atoms in total. The number of pyridine rings is 1. The summed E-state index contributed by atoms with van der Waals surface area (Å²) in [6.45, 7) is 4.08. The molecule has 1 aromatic heterocycles. The second kappa shape index (κ2) is 5.09. The first kappa shape index (κ1) is 12.7. The minimum Gasteiger partial charge on any atom is -0.384 e. The molecule has 0 aliphatic rings. The number of hydrogen-bond donors (Lipinski definition) is 2. The zero-order valence-corrected chi connectivity index (χ0v) is 10.1. The third-order valence-electron chi connectivity index (χ3n) is 1.85. The Morgan fingerprint density at radius 2 is 2.19 bits per heavy atom. The van der Waals surface area contributed by atoms with Gasteiger partial charge in [0.2, 0.25) is 10.0 Å². The Kier molecular flexibility index (Phi) is 4.03. The highest BCUT2D eigenvalue weighted by molar-refractivity contribution is 7.89. The van der Waals surface area contributed by atoms with Crippen molar-refractivity contribution in [1.82, 2.24) is 9.71 Å². The van der Waals surface area contributed by atoms with Gasteiger partial charge in [-0.15, -0.1) is 0 Å². The number of nitrogens with two attached hydrogens (primary N) is 1. The van der Waals surface area contributed by atoms with E-state index >= 15 is 0 Å². The second-order valence-corrected chi connectivity index (χ2v) is 5.32. The van der Waals surface area contributed by atoms with Gasteiger partial charge in [-0.3, -0.25) is 0 Å². The molecule has 1 heterocycles. The van der Waals surface area contributed by atoms with Gasteiger partial charge in [0.05, 0.1) is 0 Å². The summed E-state index contributed by atoms with van der Waals surface area (Å²) >= 11 is 0. The van der Waals surface area contributed by atoms with Gasteiger partial charge in [-0.25, -0.2) is 18.1 Å². The molecule has 0 amide bonds. The monoisotopic (exact) mass is 241 g/mol. The minimum absolute atomic E-state index is 0.115. The lowest BCUT2D eigenvalue weighted by atomic mass is 10.3. The highest BCUT2D eigenvalue weighted by atomic mass is 32.2. The van der Waals surface area contributed by atoms with Crippen molar-refractivity contribution >= 4 is 15.8 Å². The Balaban J connectivity index is 2.78. The lowest BCUT2D eigenvalue weighted by Gasteiger charge is -2.04. The van der Waals surface area contributed by atoms with Gasteiger partial charge in [0.1, 0.15) is 10.7 Å². The van der Waals surface area contributed by atoms with Crippen LogP contribution in [0, 0.1) is 0 Å². The van der Waals surface area contributed by atoms with Gasteiger partial charge in [0, 0.05) is 12.7 Å². The first-order chi connectivity index (χ1) is 7.42. The summed E-state index contributed by atoms with van der Waals surface area (Å²) in [7, 11) is -3.49. The number of aromatic nitrogens is 1. The number of nitrogen functional groups attached to an aromatic ring is 1. The Labute approximate surface area is 95.4 Å². The number of sulfonamides is 1. The lowest BCUT2D eigenvalue weighted by molar-refractivity contribution is 0.585. The minimum atomic E-state index is -3.49. The number of nitrogens with one attached hydrogen (secondary N) is 1. The first-order valence-electron chi connectivity index (χ1n) is 4.76. The van der Waals surface area contributed by atoms with Crippen LogP contribution in [0.5, 0.6) is 0 Å². The molecule has 0 unspecified atom stereocenters. The number of allylic oxidation sites excluding steroid dienone is 1. The van der Waals surface area contributed by atoms with Crippen LogP contribution in [-0.2, 0) is 10.0 Å². The maximum absolute atomic E-state index is 11.7. The van der Waals surface area contributed by atoms with Crippen LogP contribution in [0.25, 0.3) is 0 Å². The quantitative estimate of drug-likeness (QED) is 0.767. The van der Waals surface area contributed by atoms with E-state index in [9.17, 15) is 8.42 Å². The summed E-state index contributed by atoms with van der Waals surface area (Å²) in [6, 6.07) is 2.88. The number of rotatable bonds is 4. The van der Waals surface area contributed by atoms with Crippen molar-refractivity contribution in [1.29, 1.82) is 0 Å². The summed E-state index contributed by atoms with van der Waals surface area (Å²) in [5, 5.41) is 0. The van der Waals surface area contributed by atoms with Crippen molar-refractivity contribution in [2.45, 2.75) is 18.7 Å². The Morgan fingerprint density at radius 1 is 1.50 bits per heavy atom. The highest BCUT2D eigenvalue weighted by Gasteiger charge is 2.12. The molecule has 0 bridgehead atoms. The molecule has 0 fully saturated rings. The van der Waals surface area contributed by atoms with E-state index in [2.05, 4.69) is 9.71 Å². The molecule has 1 aromatic rings. The van der Waals surface area contributed by atoms with Crippen LogP contribution in [-0.4, -0.2) is 19.9 Å². The van der Waals surface area contributed by atoms with E-state index in [0.717, 1.165) is 5.57 Å². The van der Waals surface area contributed by atoms with E-state index in [1.54, 1.807) is 6.08 Å². The number of hydrogen-bond acceptors (Lipinski definition) is 4. The molecule has 6 heteroatoms. The van der Waals surface area contributed by atoms with Crippen molar-refractivity contribution in [3.05, 3.63) is 30.0 Å². The third-order valence-corrected chi connectivity index (χ3v) is 3.26. The Bertz CT molecular complexity index is 473. The number of nitrogens with zero attached hydrogens (tertiary/aromatic N) is 1. The van der Waals surface area contributed by atoms with Crippen molar-refractivity contribution < 1.29 is 8.42 Å². The second-order valence-electron chi connectivity index (χ2n) is 3.55. The molecule has 1 rings (SSSR count). The van der Waals surface area contributed by atoms with E-state index in [-0.39, 0.29) is 11.4 Å². The molecule has 0 aromatic carbocycles. The molecular weight excluding hydrogens is 226 g/mol. The van der Waals surface area contributed by atoms with Gasteiger partial charge in [0.25, 0.3) is 0 Å². The normalized spacial score (nSPS) is 11.1. The van der Waals surface area contributed by atoms with Crippen molar-refractivity contribution in [2.75, 3.05) is 12.3 Å². The van der Waals surface area contributed by atoms with Gasteiger partial charge in [0.15, 0.2) is 0 Å². The molecule has 0 atom stereocenters. The van der Waals surface area contributed by atoms with Crippen molar-refractivity contribution in [3.63, 3.8) is 0 Å². The molecule has 0 saturated carbocycles. The van der Waals surface area contributed by atoms with Crippen molar-refractivity contribution in [3.8, 4) is 0 Å². The standard InChI is InChI=1S/C10H15N3O2S/c1-8(2)5-6-13-16(14,15)9-3-4-10(11)12-7-9/h3-5,7,13H,6H2,1-2H3,(H2,11,12). The molecule has 3 N–H and O–H groups in total. The maximum Gasteiger partial charge on any atom is 0.242 e. The van der Waals surface area contributed by atoms with Gasteiger partial charge in [-0.2, -0.15) is 0 Å². The predicted molar refractivity (Wildman–Crippen MR) is 63.3 cm³/mol. The summed E-state index contributed by atoms with van der Waals surface area (Å²) in [4.78, 5) is 3.85. The van der Waals surface area contributed by atoms with Crippen LogP contribution in [0.15, 0.2) is 34.9 Å². The molecule has 0 saturated heterocycles. The fraction of sp³-hybridized carbons (Fsp3) is 0.300. The van der Waals surface area contributed by atoms with E-state index in [4.69, 9.17) is 5.73 Å². The van der Waals surface area contributed by atoms with Crippen LogP contribution < -0.4 is 10.5 Å². The largest absolute Gasteiger partial charge is 0.384 e. The average Bonchev–Trinajstić information content (AvgIpc) is 2.17. The van der Waals surface area contributed by atoms with Crippen LogP contribution in [0.4, 0.5) is 5.82 Å². The molecule has 0 radical (unpaired) electrons. The van der Waals surface area contributed by atoms with Gasteiger partial charge in [-0.05, 0) is 26.0 Å². The van der Waals surface area contributed by atoms with Crippen LogP contribution in [0.3, 0.4) is 0 Å². The van der Waals surface area contributed by atoms with Gasteiger partial charge < -0.3 is 5.73 Å². The summed E-state index contributed by atoms with van der Waals surface area (Å²) in [6.07, 6.45) is 3.03. The van der Waals surface area contributed by atoms with Crippen molar-refractivity contribution in [2.24, 2.45) is 0 Å². The zero-order valence-electron chi connectivity index (χ0n) is 9.27. The lowest BCUT2D eigenvalue weighted by Crippen LogP contribution is -2.24. The average molecular weight is 241 g/mol. The van der Waals surface area contributed by atoms with E-state index in [1.165, 1.54) is 18.3 Å². The van der Waals surface area contributed by atoms with Crippen LogP contribution in [0.2, 0.25) is 0 Å². The number of anilines is 1. The Hall–Kier alpha value is -1.40. The fourth-order valence-electron chi connectivity index (χ4n) is 0.990. The van der Waals surface area contributed by atoms with E-state index in [0.29, 0.717) is 5.82 Å².